The Morgan fingerprint density at radius 1 is 1.36 bits per heavy atom. The van der Waals surface area contributed by atoms with Crippen LogP contribution in [-0.4, -0.2) is 49.2 Å². The second-order valence-electron chi connectivity index (χ2n) is 5.70. The molecule has 0 atom stereocenters. The number of para-hydroxylation sites is 1. The normalized spacial score (nSPS) is 17.0. The Morgan fingerprint density at radius 2 is 2.05 bits per heavy atom. The monoisotopic (exact) mass is 349 g/mol. The number of morpholine rings is 1. The number of benzene rings is 1. The zero-order chi connectivity index (χ0) is 14.6. The quantitative estimate of drug-likeness (QED) is 0.815. The number of nitrogens with two attached hydrogens (primary N) is 1. The van der Waals surface area contributed by atoms with Gasteiger partial charge in [0.15, 0.2) is 0 Å². The zero-order valence-electron chi connectivity index (χ0n) is 13.0. The van der Waals surface area contributed by atoms with Crippen LogP contribution in [0.3, 0.4) is 0 Å². The minimum absolute atomic E-state index is 0. The summed E-state index contributed by atoms with van der Waals surface area (Å²) >= 11 is 0. The highest BCUT2D eigenvalue weighted by atomic mass is 35.5. The van der Waals surface area contributed by atoms with Crippen LogP contribution in [0.1, 0.15) is 24.2 Å². The van der Waals surface area contributed by atoms with Crippen molar-refractivity contribution in [1.29, 1.82) is 0 Å². The van der Waals surface area contributed by atoms with Crippen LogP contribution in [-0.2, 0) is 4.74 Å². The number of hydrogen-bond donors (Lipinski definition) is 2. The molecule has 1 aromatic carbocycles. The largest absolute Gasteiger partial charge is 0.398 e. The number of carbonyl (C=O) groups excluding carboxylic acids is 1. The summed E-state index contributed by atoms with van der Waals surface area (Å²) < 4.78 is 5.48. The van der Waals surface area contributed by atoms with Crippen molar-refractivity contribution in [3.8, 4) is 0 Å². The second-order valence-corrected chi connectivity index (χ2v) is 5.70. The second kappa shape index (κ2) is 9.20. The molecule has 1 fully saturated rings. The number of nitrogens with one attached hydrogen (secondary N) is 1. The molecule has 0 aliphatic carbocycles. The Bertz CT molecular complexity index is 484. The molecule has 3 N–H and O–H groups in total. The molecule has 126 valence electrons. The topological polar surface area (TPSA) is 67.6 Å². The van der Waals surface area contributed by atoms with E-state index in [0.717, 1.165) is 26.3 Å². The molecule has 0 spiro atoms. The van der Waals surface area contributed by atoms with E-state index in [1.165, 1.54) is 0 Å². The van der Waals surface area contributed by atoms with Gasteiger partial charge in [0.25, 0.3) is 5.91 Å². The summed E-state index contributed by atoms with van der Waals surface area (Å²) in [4.78, 5) is 14.4. The predicted octanol–water partition coefficient (Wildman–Crippen LogP) is 1.95. The fraction of sp³-hybridized carbons (Fsp3) is 0.533. The minimum atomic E-state index is -0.117. The molecule has 0 unspecified atom stereocenters. The van der Waals surface area contributed by atoms with Gasteiger partial charge in [0.2, 0.25) is 0 Å². The highest BCUT2D eigenvalue weighted by Crippen LogP contribution is 2.18. The Balaban J connectivity index is 0.00000220. The van der Waals surface area contributed by atoms with Gasteiger partial charge < -0.3 is 15.8 Å². The Hall–Kier alpha value is -1.01. The van der Waals surface area contributed by atoms with Crippen molar-refractivity contribution >= 4 is 36.4 Å². The number of ether oxygens (including phenoxy) is 1. The number of carbonyl (C=O) groups is 1. The molecule has 1 amide bonds. The molecule has 7 heteroatoms. The van der Waals surface area contributed by atoms with E-state index in [1.54, 1.807) is 12.1 Å². The van der Waals surface area contributed by atoms with Crippen molar-refractivity contribution in [1.82, 2.24) is 10.2 Å². The molecule has 0 aromatic heterocycles. The first kappa shape index (κ1) is 21.0. The van der Waals surface area contributed by atoms with E-state index in [-0.39, 0.29) is 36.3 Å². The Morgan fingerprint density at radius 3 is 2.68 bits per heavy atom. The third-order valence-corrected chi connectivity index (χ3v) is 3.69. The van der Waals surface area contributed by atoms with Crippen molar-refractivity contribution < 1.29 is 9.53 Å². The van der Waals surface area contributed by atoms with E-state index < -0.39 is 0 Å². The smallest absolute Gasteiger partial charge is 0.253 e. The van der Waals surface area contributed by atoms with Gasteiger partial charge >= 0.3 is 0 Å². The van der Waals surface area contributed by atoms with Crippen LogP contribution in [0.4, 0.5) is 5.69 Å². The van der Waals surface area contributed by atoms with Crippen LogP contribution < -0.4 is 11.1 Å². The van der Waals surface area contributed by atoms with Gasteiger partial charge in [-0.05, 0) is 26.0 Å². The molecule has 5 nitrogen and oxygen atoms in total. The summed E-state index contributed by atoms with van der Waals surface area (Å²) in [5.74, 6) is -0.117. The number of halogens is 2. The molecule has 0 radical (unpaired) electrons. The standard InChI is InChI=1S/C15H23N3O2.2ClH/c1-15(2)11-20-10-9-18(15)8-7-17-14(19)12-5-3-4-6-13(12)16;;/h3-6H,7-11,16H2,1-2H3,(H,17,19);2*1H. The van der Waals surface area contributed by atoms with Crippen molar-refractivity contribution in [3.63, 3.8) is 0 Å². The maximum atomic E-state index is 12.0. The van der Waals surface area contributed by atoms with Crippen molar-refractivity contribution in [2.75, 3.05) is 38.6 Å². The fourth-order valence-corrected chi connectivity index (χ4v) is 2.41. The lowest BCUT2D eigenvalue weighted by Crippen LogP contribution is -2.54. The van der Waals surface area contributed by atoms with E-state index in [4.69, 9.17) is 10.5 Å². The van der Waals surface area contributed by atoms with E-state index >= 15 is 0 Å². The maximum absolute atomic E-state index is 12.0. The number of amides is 1. The third kappa shape index (κ3) is 5.32. The number of nitrogen functional groups attached to an aromatic ring is 1. The number of anilines is 1. The predicted molar refractivity (Wildman–Crippen MR) is 94.2 cm³/mol. The molecule has 22 heavy (non-hydrogen) atoms. The summed E-state index contributed by atoms with van der Waals surface area (Å²) in [5.41, 5.74) is 6.86. The number of hydrogen-bond acceptors (Lipinski definition) is 4. The minimum Gasteiger partial charge on any atom is -0.398 e. The van der Waals surface area contributed by atoms with E-state index in [2.05, 4.69) is 24.1 Å². The summed E-state index contributed by atoms with van der Waals surface area (Å²) in [7, 11) is 0. The Labute approximate surface area is 144 Å². The van der Waals surface area contributed by atoms with Crippen LogP contribution in [0.25, 0.3) is 0 Å². The van der Waals surface area contributed by atoms with Crippen molar-refractivity contribution in [3.05, 3.63) is 29.8 Å². The molecule has 0 bridgehead atoms. The van der Waals surface area contributed by atoms with Crippen LogP contribution in [0.5, 0.6) is 0 Å². The zero-order valence-corrected chi connectivity index (χ0v) is 14.6. The molecule has 2 rings (SSSR count). The van der Waals surface area contributed by atoms with Gasteiger partial charge in [0.1, 0.15) is 0 Å². The van der Waals surface area contributed by atoms with Crippen molar-refractivity contribution in [2.45, 2.75) is 19.4 Å². The molecule has 1 aliphatic rings. The molecule has 1 aromatic rings. The number of rotatable bonds is 4. The average Bonchev–Trinajstić information content (AvgIpc) is 2.41. The lowest BCUT2D eigenvalue weighted by Gasteiger charge is -2.42. The molecule has 1 saturated heterocycles. The van der Waals surface area contributed by atoms with Crippen molar-refractivity contribution in [2.24, 2.45) is 0 Å². The number of nitrogens with zero attached hydrogens (tertiary/aromatic N) is 1. The van der Waals surface area contributed by atoms with E-state index in [0.29, 0.717) is 17.8 Å². The molecule has 1 heterocycles. The van der Waals surface area contributed by atoms with Gasteiger partial charge in [-0.2, -0.15) is 0 Å². The maximum Gasteiger partial charge on any atom is 0.253 e. The summed E-state index contributed by atoms with van der Waals surface area (Å²) in [6.07, 6.45) is 0. The van der Waals surface area contributed by atoms with E-state index in [9.17, 15) is 4.79 Å². The first-order valence-corrected chi connectivity index (χ1v) is 6.96. The average molecular weight is 350 g/mol. The lowest BCUT2D eigenvalue weighted by molar-refractivity contribution is -0.0498. The Kier molecular flexibility index (Phi) is 8.78. The van der Waals surface area contributed by atoms with Gasteiger partial charge in [-0.15, -0.1) is 24.8 Å². The summed E-state index contributed by atoms with van der Waals surface area (Å²) in [5, 5.41) is 2.92. The van der Waals surface area contributed by atoms with Crippen LogP contribution >= 0.6 is 24.8 Å². The summed E-state index contributed by atoms with van der Waals surface area (Å²) in [6.45, 7) is 8.11. The SMILES string of the molecule is CC1(C)COCCN1CCNC(=O)c1ccccc1N.Cl.Cl. The van der Waals surface area contributed by atoms with Gasteiger partial charge in [-0.3, -0.25) is 9.69 Å². The molecule has 0 saturated carbocycles. The third-order valence-electron chi connectivity index (χ3n) is 3.69. The highest BCUT2D eigenvalue weighted by molar-refractivity contribution is 5.99. The first-order chi connectivity index (χ1) is 9.50. The molecule has 1 aliphatic heterocycles. The van der Waals surface area contributed by atoms with Gasteiger partial charge in [-0.1, -0.05) is 12.1 Å². The molecular formula is C15H25Cl2N3O2. The first-order valence-electron chi connectivity index (χ1n) is 6.96. The highest BCUT2D eigenvalue weighted by Gasteiger charge is 2.29. The van der Waals surface area contributed by atoms with Crippen LogP contribution in [0, 0.1) is 0 Å². The van der Waals surface area contributed by atoms with Gasteiger partial charge in [0.05, 0.1) is 18.8 Å². The lowest BCUT2D eigenvalue weighted by atomic mass is 10.0. The molecular weight excluding hydrogens is 325 g/mol. The van der Waals surface area contributed by atoms with E-state index in [1.807, 2.05) is 12.1 Å². The van der Waals surface area contributed by atoms with Crippen LogP contribution in [0.15, 0.2) is 24.3 Å². The van der Waals surface area contributed by atoms with Crippen LogP contribution in [0.2, 0.25) is 0 Å². The summed E-state index contributed by atoms with van der Waals surface area (Å²) in [6, 6.07) is 7.11. The fourth-order valence-electron chi connectivity index (χ4n) is 2.41. The van der Waals surface area contributed by atoms with Gasteiger partial charge in [-0.25, -0.2) is 0 Å². The van der Waals surface area contributed by atoms with Gasteiger partial charge in [0, 0.05) is 30.9 Å².